The van der Waals surface area contributed by atoms with E-state index in [4.69, 9.17) is 0 Å². The van der Waals surface area contributed by atoms with Crippen molar-refractivity contribution in [2.24, 2.45) is 0 Å². The SMILES string of the molecule is C\C=C/C=C\C=C\CC(C)=O. The lowest BCUT2D eigenvalue weighted by atomic mass is 10.3. The molecule has 0 aliphatic rings. The van der Waals surface area contributed by atoms with Gasteiger partial charge in [0.1, 0.15) is 5.78 Å². The van der Waals surface area contributed by atoms with Gasteiger partial charge in [0.25, 0.3) is 0 Å². The molecule has 0 aromatic rings. The number of allylic oxidation sites excluding steroid dienone is 6. The molecular formula is C10H14O. The van der Waals surface area contributed by atoms with Crippen molar-refractivity contribution in [2.75, 3.05) is 0 Å². The molecule has 0 saturated heterocycles. The maximum Gasteiger partial charge on any atom is 0.133 e. The van der Waals surface area contributed by atoms with Gasteiger partial charge in [-0.05, 0) is 13.8 Å². The molecule has 11 heavy (non-hydrogen) atoms. The maximum absolute atomic E-state index is 10.4. The molecule has 0 radical (unpaired) electrons. The van der Waals surface area contributed by atoms with Crippen LogP contribution in [0, 0.1) is 0 Å². The standard InChI is InChI=1S/C10H14O/c1-3-4-5-6-7-8-9-10(2)11/h3-8H,9H2,1-2H3/b4-3-,6-5-,8-7+. The van der Waals surface area contributed by atoms with Crippen molar-refractivity contribution in [1.82, 2.24) is 0 Å². The third kappa shape index (κ3) is 8.89. The van der Waals surface area contributed by atoms with Crippen molar-refractivity contribution in [1.29, 1.82) is 0 Å². The first-order chi connectivity index (χ1) is 5.27. The summed E-state index contributed by atoms with van der Waals surface area (Å²) in [5, 5.41) is 0. The Morgan fingerprint density at radius 1 is 1.18 bits per heavy atom. The summed E-state index contributed by atoms with van der Waals surface area (Å²) in [6, 6.07) is 0. The number of ketones is 1. The van der Waals surface area contributed by atoms with E-state index in [-0.39, 0.29) is 5.78 Å². The fourth-order valence-corrected chi connectivity index (χ4v) is 0.552. The molecule has 0 saturated carbocycles. The minimum atomic E-state index is 0.195. The Kier molecular flexibility index (Phi) is 6.30. The van der Waals surface area contributed by atoms with E-state index >= 15 is 0 Å². The van der Waals surface area contributed by atoms with Crippen LogP contribution in [0.2, 0.25) is 0 Å². The topological polar surface area (TPSA) is 17.1 Å². The van der Waals surface area contributed by atoms with E-state index in [1.807, 2.05) is 43.4 Å². The Hall–Kier alpha value is -1.11. The summed E-state index contributed by atoms with van der Waals surface area (Å²) in [4.78, 5) is 10.4. The normalized spacial score (nSPS) is 12.2. The van der Waals surface area contributed by atoms with Crippen LogP contribution in [0.15, 0.2) is 36.5 Å². The highest BCUT2D eigenvalue weighted by Crippen LogP contribution is 1.85. The third-order valence-electron chi connectivity index (χ3n) is 1.07. The summed E-state index contributed by atoms with van der Waals surface area (Å²) < 4.78 is 0. The zero-order valence-corrected chi connectivity index (χ0v) is 7.08. The van der Waals surface area contributed by atoms with E-state index in [1.54, 1.807) is 6.92 Å². The van der Waals surface area contributed by atoms with Gasteiger partial charge in [-0.2, -0.15) is 0 Å². The van der Waals surface area contributed by atoms with E-state index < -0.39 is 0 Å². The molecule has 1 nitrogen and oxygen atoms in total. The molecule has 0 N–H and O–H groups in total. The zero-order chi connectivity index (χ0) is 8.53. The van der Waals surface area contributed by atoms with Crippen molar-refractivity contribution in [3.63, 3.8) is 0 Å². The van der Waals surface area contributed by atoms with Crippen LogP contribution < -0.4 is 0 Å². The van der Waals surface area contributed by atoms with Gasteiger partial charge in [0.2, 0.25) is 0 Å². The van der Waals surface area contributed by atoms with Gasteiger partial charge in [0, 0.05) is 6.42 Å². The fraction of sp³-hybridized carbons (Fsp3) is 0.300. The van der Waals surface area contributed by atoms with Gasteiger partial charge in [-0.3, -0.25) is 4.79 Å². The number of hydrogen-bond acceptors (Lipinski definition) is 1. The van der Waals surface area contributed by atoms with Gasteiger partial charge in [-0.1, -0.05) is 36.5 Å². The number of hydrogen-bond donors (Lipinski definition) is 0. The quantitative estimate of drug-likeness (QED) is 0.563. The summed E-state index contributed by atoms with van der Waals surface area (Å²) in [5.74, 6) is 0.195. The third-order valence-corrected chi connectivity index (χ3v) is 1.07. The van der Waals surface area contributed by atoms with Crippen molar-refractivity contribution in [3.8, 4) is 0 Å². The first-order valence-corrected chi connectivity index (χ1v) is 3.71. The minimum absolute atomic E-state index is 0.195. The van der Waals surface area contributed by atoms with E-state index in [9.17, 15) is 4.79 Å². The van der Waals surface area contributed by atoms with Crippen LogP contribution in [0.1, 0.15) is 20.3 Å². The summed E-state index contributed by atoms with van der Waals surface area (Å²) in [7, 11) is 0. The molecule has 0 aliphatic carbocycles. The lowest BCUT2D eigenvalue weighted by Gasteiger charge is -1.80. The van der Waals surface area contributed by atoms with Crippen LogP contribution in [0.3, 0.4) is 0 Å². The van der Waals surface area contributed by atoms with Crippen LogP contribution in [0.4, 0.5) is 0 Å². The molecule has 0 fully saturated rings. The number of Topliss-reactive ketones (excluding diaryl/α,β-unsaturated/α-hetero) is 1. The molecule has 0 aromatic heterocycles. The smallest absolute Gasteiger partial charge is 0.133 e. The van der Waals surface area contributed by atoms with Gasteiger partial charge in [0.05, 0.1) is 0 Å². The number of carbonyl (C=O) groups excluding carboxylic acids is 1. The van der Waals surface area contributed by atoms with E-state index in [0.717, 1.165) is 0 Å². The lowest BCUT2D eigenvalue weighted by molar-refractivity contribution is -0.116. The summed E-state index contributed by atoms with van der Waals surface area (Å²) >= 11 is 0. The van der Waals surface area contributed by atoms with Gasteiger partial charge in [-0.25, -0.2) is 0 Å². The van der Waals surface area contributed by atoms with Crippen LogP contribution in [0.5, 0.6) is 0 Å². The Bertz CT molecular complexity index is 185. The highest BCUT2D eigenvalue weighted by Gasteiger charge is 1.82. The molecule has 0 heterocycles. The summed E-state index contributed by atoms with van der Waals surface area (Å²) in [6.45, 7) is 3.55. The zero-order valence-electron chi connectivity index (χ0n) is 7.08. The fourth-order valence-electron chi connectivity index (χ4n) is 0.552. The summed E-state index contributed by atoms with van der Waals surface area (Å²) in [6.07, 6.45) is 12.0. The molecule has 0 rings (SSSR count). The largest absolute Gasteiger partial charge is 0.300 e. The van der Waals surface area contributed by atoms with Crippen LogP contribution in [-0.2, 0) is 4.79 Å². The van der Waals surface area contributed by atoms with Crippen LogP contribution in [0.25, 0.3) is 0 Å². The number of rotatable bonds is 4. The van der Waals surface area contributed by atoms with Crippen molar-refractivity contribution < 1.29 is 4.79 Å². The van der Waals surface area contributed by atoms with Crippen molar-refractivity contribution >= 4 is 5.78 Å². The first kappa shape index (κ1) is 9.89. The highest BCUT2D eigenvalue weighted by molar-refractivity contribution is 5.76. The molecule has 60 valence electrons. The summed E-state index contributed by atoms with van der Waals surface area (Å²) in [5.41, 5.74) is 0. The molecule has 0 aliphatic heterocycles. The Labute approximate surface area is 68.1 Å². The van der Waals surface area contributed by atoms with Crippen LogP contribution >= 0.6 is 0 Å². The van der Waals surface area contributed by atoms with E-state index in [1.165, 1.54) is 0 Å². The van der Waals surface area contributed by atoms with E-state index in [0.29, 0.717) is 6.42 Å². The molecule has 0 amide bonds. The average Bonchev–Trinajstić information content (AvgIpc) is 1.96. The van der Waals surface area contributed by atoms with Crippen molar-refractivity contribution in [3.05, 3.63) is 36.5 Å². The molecule has 0 bridgehead atoms. The molecule has 1 heteroatoms. The van der Waals surface area contributed by atoms with Gasteiger partial charge in [0.15, 0.2) is 0 Å². The molecule has 0 aromatic carbocycles. The Morgan fingerprint density at radius 3 is 2.36 bits per heavy atom. The predicted octanol–water partition coefficient (Wildman–Crippen LogP) is 2.65. The highest BCUT2D eigenvalue weighted by atomic mass is 16.1. The maximum atomic E-state index is 10.4. The molecule has 0 unspecified atom stereocenters. The molecular weight excluding hydrogens is 136 g/mol. The minimum Gasteiger partial charge on any atom is -0.300 e. The number of carbonyl (C=O) groups is 1. The second kappa shape index (κ2) is 7.00. The Balaban J connectivity index is 3.51. The Morgan fingerprint density at radius 2 is 1.82 bits per heavy atom. The van der Waals surface area contributed by atoms with Gasteiger partial charge >= 0.3 is 0 Å². The van der Waals surface area contributed by atoms with Gasteiger partial charge in [-0.15, -0.1) is 0 Å². The van der Waals surface area contributed by atoms with Crippen molar-refractivity contribution in [2.45, 2.75) is 20.3 Å². The van der Waals surface area contributed by atoms with E-state index in [2.05, 4.69) is 0 Å². The second-order valence-corrected chi connectivity index (χ2v) is 2.24. The van der Waals surface area contributed by atoms with Gasteiger partial charge < -0.3 is 0 Å². The predicted molar refractivity (Wildman–Crippen MR) is 48.4 cm³/mol. The molecule has 0 atom stereocenters. The van der Waals surface area contributed by atoms with Crippen LogP contribution in [-0.4, -0.2) is 5.78 Å². The monoisotopic (exact) mass is 150 g/mol. The average molecular weight is 150 g/mol. The lowest BCUT2D eigenvalue weighted by Crippen LogP contribution is -1.82. The molecule has 0 spiro atoms. The second-order valence-electron chi connectivity index (χ2n) is 2.24. The first-order valence-electron chi connectivity index (χ1n) is 3.71.